The van der Waals surface area contributed by atoms with Gasteiger partial charge in [-0.1, -0.05) is 0 Å². The largest absolute Gasteiger partial charge is 0.383 e. The van der Waals surface area contributed by atoms with Gasteiger partial charge in [0.15, 0.2) is 0 Å². The SMILES string of the molecule is Cc1c(C)c(C)c(NCCNCCNc2c(C)c(C)c(C)c(C)c2C)c(C)c1C. The van der Waals surface area contributed by atoms with Crippen LogP contribution in [0.2, 0.25) is 0 Å². The highest BCUT2D eigenvalue weighted by molar-refractivity contribution is 5.65. The fraction of sp³-hybridized carbons (Fsp3) is 0.538. The number of rotatable bonds is 8. The van der Waals surface area contributed by atoms with Gasteiger partial charge in [-0.3, -0.25) is 0 Å². The predicted octanol–water partition coefficient (Wildman–Crippen LogP) is 5.88. The van der Waals surface area contributed by atoms with Gasteiger partial charge in [0.2, 0.25) is 0 Å². The summed E-state index contributed by atoms with van der Waals surface area (Å²) in [7, 11) is 0. The standard InChI is InChI=1S/C26H41N3/c1-15-17(3)21(7)25(22(8)18(15)4)28-13-11-27-12-14-29-26-23(9)19(5)16(2)20(6)24(26)10/h27-29H,11-14H2,1-10H3. The third kappa shape index (κ3) is 4.78. The first-order chi connectivity index (χ1) is 13.6. The van der Waals surface area contributed by atoms with Crippen LogP contribution in [0.3, 0.4) is 0 Å². The second-order valence-electron chi connectivity index (χ2n) is 8.60. The zero-order valence-corrected chi connectivity index (χ0v) is 20.3. The van der Waals surface area contributed by atoms with E-state index in [-0.39, 0.29) is 0 Å². The second kappa shape index (κ2) is 9.67. The molecular formula is C26H41N3. The van der Waals surface area contributed by atoms with Crippen molar-refractivity contribution in [3.05, 3.63) is 55.6 Å². The summed E-state index contributed by atoms with van der Waals surface area (Å²) in [6, 6.07) is 0. The molecule has 0 amide bonds. The van der Waals surface area contributed by atoms with Gasteiger partial charge in [-0.05, 0) is 125 Å². The summed E-state index contributed by atoms with van der Waals surface area (Å²) in [5.41, 5.74) is 16.6. The average molecular weight is 396 g/mol. The molecule has 3 nitrogen and oxygen atoms in total. The van der Waals surface area contributed by atoms with Crippen molar-refractivity contribution in [1.82, 2.24) is 5.32 Å². The van der Waals surface area contributed by atoms with Gasteiger partial charge in [0.25, 0.3) is 0 Å². The number of anilines is 2. The lowest BCUT2D eigenvalue weighted by Gasteiger charge is -2.21. The highest BCUT2D eigenvalue weighted by Gasteiger charge is 2.12. The molecule has 3 heteroatoms. The number of hydrogen-bond donors (Lipinski definition) is 3. The van der Waals surface area contributed by atoms with Crippen molar-refractivity contribution in [3.63, 3.8) is 0 Å². The first-order valence-electron chi connectivity index (χ1n) is 10.9. The van der Waals surface area contributed by atoms with Crippen LogP contribution in [0, 0.1) is 69.2 Å². The summed E-state index contributed by atoms with van der Waals surface area (Å²) in [5.74, 6) is 0. The Kier molecular flexibility index (Phi) is 7.76. The van der Waals surface area contributed by atoms with E-state index in [0.717, 1.165) is 26.2 Å². The molecule has 0 heterocycles. The first-order valence-corrected chi connectivity index (χ1v) is 10.9. The van der Waals surface area contributed by atoms with Crippen molar-refractivity contribution in [1.29, 1.82) is 0 Å². The maximum atomic E-state index is 3.66. The van der Waals surface area contributed by atoms with E-state index < -0.39 is 0 Å². The summed E-state index contributed by atoms with van der Waals surface area (Å²) in [5, 5.41) is 10.9. The molecule has 0 aliphatic carbocycles. The van der Waals surface area contributed by atoms with E-state index in [1.165, 1.54) is 67.0 Å². The van der Waals surface area contributed by atoms with E-state index in [1.54, 1.807) is 0 Å². The van der Waals surface area contributed by atoms with Gasteiger partial charge in [-0.25, -0.2) is 0 Å². The highest BCUT2D eigenvalue weighted by Crippen LogP contribution is 2.30. The molecule has 2 aromatic rings. The number of nitrogens with one attached hydrogen (secondary N) is 3. The second-order valence-corrected chi connectivity index (χ2v) is 8.60. The monoisotopic (exact) mass is 395 g/mol. The maximum Gasteiger partial charge on any atom is 0.0405 e. The Balaban J connectivity index is 1.84. The molecule has 0 aromatic heterocycles. The average Bonchev–Trinajstić information content (AvgIpc) is 2.71. The van der Waals surface area contributed by atoms with Crippen LogP contribution in [0.15, 0.2) is 0 Å². The molecule has 0 aliphatic heterocycles. The molecule has 2 aromatic carbocycles. The lowest BCUT2D eigenvalue weighted by Crippen LogP contribution is -2.28. The molecule has 29 heavy (non-hydrogen) atoms. The Morgan fingerprint density at radius 1 is 0.345 bits per heavy atom. The normalized spacial score (nSPS) is 11.1. The van der Waals surface area contributed by atoms with Crippen molar-refractivity contribution in [2.75, 3.05) is 36.8 Å². The predicted molar refractivity (Wildman–Crippen MR) is 130 cm³/mol. The molecule has 2 rings (SSSR count). The molecule has 0 spiro atoms. The van der Waals surface area contributed by atoms with Gasteiger partial charge >= 0.3 is 0 Å². The van der Waals surface area contributed by atoms with Gasteiger partial charge in [0.05, 0.1) is 0 Å². The molecule has 0 aliphatic rings. The fourth-order valence-corrected chi connectivity index (χ4v) is 4.21. The Hall–Kier alpha value is -2.00. The van der Waals surface area contributed by atoms with E-state index in [0.29, 0.717) is 0 Å². The van der Waals surface area contributed by atoms with Crippen molar-refractivity contribution in [2.45, 2.75) is 69.2 Å². The van der Waals surface area contributed by atoms with Crippen LogP contribution in [0.4, 0.5) is 11.4 Å². The van der Waals surface area contributed by atoms with E-state index in [2.05, 4.69) is 85.2 Å². The lowest BCUT2D eigenvalue weighted by molar-refractivity contribution is 0.718. The van der Waals surface area contributed by atoms with Crippen molar-refractivity contribution < 1.29 is 0 Å². The maximum absolute atomic E-state index is 3.66. The molecule has 0 unspecified atom stereocenters. The molecular weight excluding hydrogens is 354 g/mol. The van der Waals surface area contributed by atoms with Gasteiger partial charge in [-0.15, -0.1) is 0 Å². The van der Waals surface area contributed by atoms with Crippen LogP contribution >= 0.6 is 0 Å². The third-order valence-corrected chi connectivity index (χ3v) is 7.21. The molecule has 0 atom stereocenters. The van der Waals surface area contributed by atoms with E-state index in [4.69, 9.17) is 0 Å². The smallest absolute Gasteiger partial charge is 0.0405 e. The van der Waals surface area contributed by atoms with Crippen LogP contribution < -0.4 is 16.0 Å². The molecule has 0 saturated heterocycles. The van der Waals surface area contributed by atoms with Gasteiger partial charge in [0.1, 0.15) is 0 Å². The topological polar surface area (TPSA) is 36.1 Å². The molecule has 160 valence electrons. The van der Waals surface area contributed by atoms with Crippen molar-refractivity contribution >= 4 is 11.4 Å². The highest BCUT2D eigenvalue weighted by atomic mass is 15.0. The minimum atomic E-state index is 0.935. The Morgan fingerprint density at radius 2 is 0.586 bits per heavy atom. The zero-order chi connectivity index (χ0) is 21.9. The number of benzene rings is 2. The van der Waals surface area contributed by atoms with Crippen LogP contribution in [-0.4, -0.2) is 26.2 Å². The summed E-state index contributed by atoms with van der Waals surface area (Å²) >= 11 is 0. The Morgan fingerprint density at radius 3 is 0.862 bits per heavy atom. The van der Waals surface area contributed by atoms with E-state index in [1.807, 2.05) is 0 Å². The quantitative estimate of drug-likeness (QED) is 0.488. The van der Waals surface area contributed by atoms with E-state index >= 15 is 0 Å². The summed E-state index contributed by atoms with van der Waals surface area (Å²) in [6.45, 7) is 26.0. The minimum absolute atomic E-state index is 0.935. The van der Waals surface area contributed by atoms with E-state index in [9.17, 15) is 0 Å². The third-order valence-electron chi connectivity index (χ3n) is 7.21. The first kappa shape index (κ1) is 23.3. The van der Waals surface area contributed by atoms with Crippen molar-refractivity contribution in [2.24, 2.45) is 0 Å². The molecule has 0 saturated carbocycles. The van der Waals surface area contributed by atoms with Crippen LogP contribution in [0.5, 0.6) is 0 Å². The summed E-state index contributed by atoms with van der Waals surface area (Å²) in [4.78, 5) is 0. The van der Waals surface area contributed by atoms with Crippen LogP contribution in [0.1, 0.15) is 55.6 Å². The Bertz CT molecular complexity index is 762. The molecule has 0 fully saturated rings. The molecule has 0 bridgehead atoms. The van der Waals surface area contributed by atoms with Crippen molar-refractivity contribution in [3.8, 4) is 0 Å². The molecule has 0 radical (unpaired) electrons. The van der Waals surface area contributed by atoms with Gasteiger partial charge in [0, 0.05) is 37.6 Å². The minimum Gasteiger partial charge on any atom is -0.383 e. The van der Waals surface area contributed by atoms with Gasteiger partial charge in [-0.2, -0.15) is 0 Å². The molecule has 3 N–H and O–H groups in total. The zero-order valence-electron chi connectivity index (χ0n) is 20.3. The van der Waals surface area contributed by atoms with Crippen LogP contribution in [-0.2, 0) is 0 Å². The fourth-order valence-electron chi connectivity index (χ4n) is 4.21. The van der Waals surface area contributed by atoms with Gasteiger partial charge < -0.3 is 16.0 Å². The summed E-state index contributed by atoms with van der Waals surface area (Å²) < 4.78 is 0. The lowest BCUT2D eigenvalue weighted by atomic mass is 9.93. The van der Waals surface area contributed by atoms with Crippen LogP contribution in [0.25, 0.3) is 0 Å². The summed E-state index contributed by atoms with van der Waals surface area (Å²) in [6.07, 6.45) is 0. The Labute approximate surface area is 178 Å². The number of hydrogen-bond acceptors (Lipinski definition) is 3.